The predicted molar refractivity (Wildman–Crippen MR) is 88.4 cm³/mol. The Morgan fingerprint density at radius 3 is 2.55 bits per heavy atom. The van der Waals surface area contributed by atoms with Crippen molar-refractivity contribution >= 4 is 42.1 Å². The second kappa shape index (κ2) is 8.17. The fourth-order valence-corrected chi connectivity index (χ4v) is 2.62. The molecule has 0 radical (unpaired) electrons. The molecule has 2 rings (SSSR count). The number of carbonyl (C=O) groups excluding carboxylic acids is 1. The van der Waals surface area contributed by atoms with Crippen molar-refractivity contribution < 1.29 is 4.79 Å². The summed E-state index contributed by atoms with van der Waals surface area (Å²) in [6.45, 7) is 9.23. The maximum absolute atomic E-state index is 11.7. The Morgan fingerprint density at radius 2 is 2.10 bits per heavy atom. The lowest BCUT2D eigenvalue weighted by Gasteiger charge is -2.26. The van der Waals surface area contributed by atoms with Gasteiger partial charge in [-0.15, -0.1) is 36.2 Å². The number of hydrogen-bond acceptors (Lipinski definition) is 4. The van der Waals surface area contributed by atoms with Crippen molar-refractivity contribution in [1.82, 2.24) is 15.6 Å². The Morgan fingerprint density at radius 1 is 1.45 bits per heavy atom. The molecule has 1 fully saturated rings. The second-order valence-corrected chi connectivity index (χ2v) is 6.76. The minimum absolute atomic E-state index is 0. The molecule has 2 N–H and O–H groups in total. The lowest BCUT2D eigenvalue weighted by Crippen LogP contribution is -2.48. The molecule has 0 atom stereocenters. The zero-order valence-electron chi connectivity index (χ0n) is 12.1. The smallest absolute Gasteiger partial charge is 0.226 e. The van der Waals surface area contributed by atoms with Crippen LogP contribution in [0.1, 0.15) is 31.5 Å². The molecule has 0 aliphatic carbocycles. The molecule has 0 bridgehead atoms. The van der Waals surface area contributed by atoms with Crippen LogP contribution in [-0.4, -0.2) is 30.5 Å². The number of nitrogens with one attached hydrogen (secondary N) is 2. The molecular weight excluding hydrogens is 317 g/mol. The topological polar surface area (TPSA) is 54.0 Å². The number of aromatic nitrogens is 1. The summed E-state index contributed by atoms with van der Waals surface area (Å²) in [5, 5.41) is 9.24. The van der Waals surface area contributed by atoms with Crippen LogP contribution in [0.5, 0.6) is 0 Å². The normalized spacial score (nSPS) is 14.8. The van der Waals surface area contributed by atoms with Gasteiger partial charge in [0.2, 0.25) is 5.91 Å². The first-order valence-corrected chi connectivity index (χ1v) is 7.25. The van der Waals surface area contributed by atoms with Crippen molar-refractivity contribution in [1.29, 1.82) is 0 Å². The second-order valence-electron chi connectivity index (χ2n) is 5.90. The molecule has 1 aromatic heterocycles. The van der Waals surface area contributed by atoms with Gasteiger partial charge in [-0.25, -0.2) is 4.98 Å². The molecule has 1 aromatic rings. The summed E-state index contributed by atoms with van der Waals surface area (Å²) >= 11 is 1.64. The van der Waals surface area contributed by atoms with Gasteiger partial charge in [-0.3, -0.25) is 4.79 Å². The number of nitrogens with zero attached hydrogens (tertiary/aromatic N) is 1. The van der Waals surface area contributed by atoms with Gasteiger partial charge in [-0.2, -0.15) is 0 Å². The van der Waals surface area contributed by atoms with E-state index in [-0.39, 0.29) is 36.1 Å². The first kappa shape index (κ1) is 19.6. The minimum Gasteiger partial charge on any atom is -0.355 e. The van der Waals surface area contributed by atoms with Gasteiger partial charge in [0.1, 0.15) is 0 Å². The van der Waals surface area contributed by atoms with Crippen LogP contribution in [0, 0.1) is 5.92 Å². The number of carbonyl (C=O) groups is 1. The van der Waals surface area contributed by atoms with Crippen molar-refractivity contribution in [3.05, 3.63) is 16.1 Å². The van der Waals surface area contributed by atoms with E-state index in [1.807, 2.05) is 5.38 Å². The third-order valence-corrected chi connectivity index (χ3v) is 4.31. The van der Waals surface area contributed by atoms with Crippen LogP contribution in [-0.2, 0) is 16.6 Å². The summed E-state index contributed by atoms with van der Waals surface area (Å²) in [5.41, 5.74) is 0.950. The first-order valence-electron chi connectivity index (χ1n) is 6.37. The van der Waals surface area contributed by atoms with Gasteiger partial charge in [0.05, 0.1) is 17.1 Å². The molecule has 1 aliphatic heterocycles. The Bertz CT molecular complexity index is 427. The molecule has 20 heavy (non-hydrogen) atoms. The van der Waals surface area contributed by atoms with Crippen LogP contribution >= 0.6 is 36.2 Å². The van der Waals surface area contributed by atoms with E-state index in [0.717, 1.165) is 30.3 Å². The highest BCUT2D eigenvalue weighted by Gasteiger charge is 2.20. The van der Waals surface area contributed by atoms with E-state index in [1.54, 1.807) is 11.3 Å². The highest BCUT2D eigenvalue weighted by molar-refractivity contribution is 7.09. The molecule has 2 heterocycles. The fourth-order valence-electron chi connectivity index (χ4n) is 1.71. The Balaban J connectivity index is 0.00000180. The molecule has 4 nitrogen and oxygen atoms in total. The largest absolute Gasteiger partial charge is 0.355 e. The van der Waals surface area contributed by atoms with Crippen molar-refractivity contribution in [3.8, 4) is 0 Å². The van der Waals surface area contributed by atoms with Crippen LogP contribution in [0.4, 0.5) is 0 Å². The average molecular weight is 340 g/mol. The van der Waals surface area contributed by atoms with Crippen LogP contribution in [0.25, 0.3) is 0 Å². The Hall–Kier alpha value is -0.360. The Labute approximate surface area is 137 Å². The van der Waals surface area contributed by atoms with Crippen molar-refractivity contribution in [2.75, 3.05) is 19.6 Å². The maximum atomic E-state index is 11.7. The predicted octanol–water partition coefficient (Wildman–Crippen LogP) is 2.16. The zero-order valence-corrected chi connectivity index (χ0v) is 14.5. The van der Waals surface area contributed by atoms with E-state index in [1.165, 1.54) is 0 Å². The van der Waals surface area contributed by atoms with Gasteiger partial charge in [-0.05, 0) is 0 Å². The van der Waals surface area contributed by atoms with Gasteiger partial charge in [0, 0.05) is 36.3 Å². The minimum atomic E-state index is 0. The third-order valence-electron chi connectivity index (χ3n) is 2.99. The lowest BCUT2D eigenvalue weighted by molar-refractivity contribution is -0.120. The van der Waals surface area contributed by atoms with Gasteiger partial charge in [0.25, 0.3) is 0 Å². The highest BCUT2D eigenvalue weighted by atomic mass is 35.5. The summed E-state index contributed by atoms with van der Waals surface area (Å²) in [7, 11) is 0. The molecule has 1 amide bonds. The van der Waals surface area contributed by atoms with E-state index in [2.05, 4.69) is 36.4 Å². The van der Waals surface area contributed by atoms with Crippen LogP contribution in [0.15, 0.2) is 5.38 Å². The van der Waals surface area contributed by atoms with E-state index in [4.69, 9.17) is 0 Å². The average Bonchev–Trinajstić information content (AvgIpc) is 2.63. The van der Waals surface area contributed by atoms with Crippen molar-refractivity contribution in [3.63, 3.8) is 0 Å². The maximum Gasteiger partial charge on any atom is 0.226 e. The third kappa shape index (κ3) is 5.56. The van der Waals surface area contributed by atoms with Crippen LogP contribution in [0.2, 0.25) is 0 Å². The first-order chi connectivity index (χ1) is 8.45. The molecule has 1 aliphatic rings. The van der Waals surface area contributed by atoms with Crippen LogP contribution < -0.4 is 10.6 Å². The van der Waals surface area contributed by atoms with Crippen molar-refractivity contribution in [2.45, 2.75) is 32.6 Å². The summed E-state index contributed by atoms with van der Waals surface area (Å²) in [4.78, 5) is 16.3. The number of hydrogen-bond donors (Lipinski definition) is 2. The van der Waals surface area contributed by atoms with E-state index >= 15 is 0 Å². The van der Waals surface area contributed by atoms with E-state index in [9.17, 15) is 4.79 Å². The summed E-state index contributed by atoms with van der Waals surface area (Å²) in [6, 6.07) is 0. The molecule has 0 aromatic carbocycles. The molecule has 7 heteroatoms. The van der Waals surface area contributed by atoms with Crippen molar-refractivity contribution in [2.24, 2.45) is 5.92 Å². The molecule has 1 saturated heterocycles. The molecule has 0 spiro atoms. The molecule has 0 saturated carbocycles. The van der Waals surface area contributed by atoms with Crippen LogP contribution in [0.3, 0.4) is 0 Å². The van der Waals surface area contributed by atoms with E-state index < -0.39 is 0 Å². The highest BCUT2D eigenvalue weighted by Crippen LogP contribution is 2.25. The fraction of sp³-hybridized carbons (Fsp3) is 0.692. The number of rotatable bonds is 4. The SMILES string of the molecule is CC(C)(C)c1nc(CC(=O)NCC2CNC2)cs1.Cl.Cl. The molecule has 116 valence electrons. The van der Waals surface area contributed by atoms with Gasteiger partial charge < -0.3 is 10.6 Å². The number of halogens is 2. The number of amides is 1. The summed E-state index contributed by atoms with van der Waals surface area (Å²) < 4.78 is 0. The van der Waals surface area contributed by atoms with Gasteiger partial charge in [-0.1, -0.05) is 20.8 Å². The van der Waals surface area contributed by atoms with Gasteiger partial charge >= 0.3 is 0 Å². The quantitative estimate of drug-likeness (QED) is 0.883. The van der Waals surface area contributed by atoms with Gasteiger partial charge in [0.15, 0.2) is 0 Å². The Kier molecular flexibility index (Phi) is 8.03. The zero-order chi connectivity index (χ0) is 13.2. The number of thiazole rings is 1. The lowest BCUT2D eigenvalue weighted by atomic mass is 9.98. The summed E-state index contributed by atoms with van der Waals surface area (Å²) in [6.07, 6.45) is 0.396. The molecular formula is C13H23Cl2N3OS. The monoisotopic (exact) mass is 339 g/mol. The summed E-state index contributed by atoms with van der Waals surface area (Å²) in [5.74, 6) is 0.683. The molecule has 0 unspecified atom stereocenters. The van der Waals surface area contributed by atoms with E-state index in [0.29, 0.717) is 12.3 Å². The standard InChI is InChI=1S/C13H21N3OS.2ClH/c1-13(2,3)12-16-10(8-18-12)4-11(17)15-7-9-5-14-6-9;;/h8-9,14H,4-7H2,1-3H3,(H,15,17);2*1H.